The topological polar surface area (TPSA) is 79.9 Å². The summed E-state index contributed by atoms with van der Waals surface area (Å²) in [5.74, 6) is -0.314. The van der Waals surface area contributed by atoms with Crippen LogP contribution in [0.2, 0.25) is 0 Å². The molecule has 1 N–H and O–H groups in total. The second-order valence-corrected chi connectivity index (χ2v) is 8.53. The van der Waals surface area contributed by atoms with E-state index in [1.54, 1.807) is 24.3 Å². The van der Waals surface area contributed by atoms with Gasteiger partial charge in [0.05, 0.1) is 11.1 Å². The molecule has 0 atom stereocenters. The van der Waals surface area contributed by atoms with Crippen molar-refractivity contribution >= 4 is 15.6 Å². The third-order valence-electron chi connectivity index (χ3n) is 4.61. The van der Waals surface area contributed by atoms with Gasteiger partial charge in [-0.3, -0.25) is 4.79 Å². The summed E-state index contributed by atoms with van der Waals surface area (Å²) in [7, 11) is -3.82. The fourth-order valence-corrected chi connectivity index (χ4v) is 4.30. The van der Waals surface area contributed by atoms with Gasteiger partial charge in [-0.1, -0.05) is 72.3 Å². The third-order valence-corrected chi connectivity index (χ3v) is 6.22. The minimum Gasteiger partial charge on any atom is -0.326 e. The van der Waals surface area contributed by atoms with E-state index in [2.05, 4.69) is 9.97 Å². The van der Waals surface area contributed by atoms with Crippen molar-refractivity contribution in [1.29, 1.82) is 0 Å². The van der Waals surface area contributed by atoms with Gasteiger partial charge in [-0.05, 0) is 30.2 Å². The van der Waals surface area contributed by atoms with Crippen molar-refractivity contribution in [3.8, 4) is 11.1 Å². The maximum Gasteiger partial charge on any atom is 0.239 e. The highest BCUT2D eigenvalue weighted by Gasteiger charge is 2.24. The first-order chi connectivity index (χ1) is 14.0. The molecular formula is C23H18N2O3S. The molecule has 1 aromatic heterocycles. The Morgan fingerprint density at radius 1 is 0.897 bits per heavy atom. The minimum absolute atomic E-state index is 0.119. The van der Waals surface area contributed by atoms with Gasteiger partial charge in [0.25, 0.3) is 0 Å². The van der Waals surface area contributed by atoms with E-state index < -0.39 is 9.84 Å². The number of imidazole rings is 1. The first kappa shape index (κ1) is 18.8. The maximum atomic E-state index is 13.2. The van der Waals surface area contributed by atoms with Crippen molar-refractivity contribution in [2.45, 2.75) is 17.0 Å². The second-order valence-electron chi connectivity index (χ2n) is 6.66. The number of H-pyrrole nitrogens is 1. The minimum atomic E-state index is -3.82. The monoisotopic (exact) mass is 402 g/mol. The zero-order chi connectivity index (χ0) is 20.4. The summed E-state index contributed by atoms with van der Waals surface area (Å²) in [6, 6.07) is 23.2. The van der Waals surface area contributed by atoms with E-state index in [4.69, 9.17) is 0 Å². The Balaban J connectivity index is 1.75. The molecule has 0 fully saturated rings. The zero-order valence-corrected chi connectivity index (χ0v) is 16.5. The van der Waals surface area contributed by atoms with Crippen LogP contribution < -0.4 is 0 Å². The lowest BCUT2D eigenvalue weighted by molar-refractivity contribution is 0.103. The molecule has 144 valence electrons. The molecule has 1 heterocycles. The van der Waals surface area contributed by atoms with Gasteiger partial charge in [0, 0.05) is 5.56 Å². The first-order valence-corrected chi connectivity index (χ1v) is 10.5. The summed E-state index contributed by atoms with van der Waals surface area (Å²) >= 11 is 0. The fraction of sp³-hybridized carbons (Fsp3) is 0.0435. The molecule has 0 aliphatic carbocycles. The van der Waals surface area contributed by atoms with Crippen LogP contribution in [0.15, 0.2) is 95.1 Å². The van der Waals surface area contributed by atoms with Crippen LogP contribution >= 0.6 is 0 Å². The molecule has 0 saturated carbocycles. The molecule has 0 aliphatic heterocycles. The Hall–Kier alpha value is -3.51. The Labute approximate surface area is 169 Å². The number of aromatic amines is 1. The highest BCUT2D eigenvalue weighted by Crippen LogP contribution is 2.27. The van der Waals surface area contributed by atoms with Crippen LogP contribution in [-0.2, 0) is 9.84 Å². The van der Waals surface area contributed by atoms with Crippen LogP contribution in [0.1, 0.15) is 21.6 Å². The maximum absolute atomic E-state index is 13.2. The quantitative estimate of drug-likeness (QED) is 0.500. The van der Waals surface area contributed by atoms with E-state index in [1.165, 1.54) is 18.3 Å². The van der Waals surface area contributed by atoms with E-state index in [1.807, 2.05) is 49.4 Å². The van der Waals surface area contributed by atoms with Gasteiger partial charge in [0.15, 0.2) is 0 Å². The second kappa shape index (κ2) is 7.48. The number of nitrogens with zero attached hydrogens (tertiary/aromatic N) is 1. The number of hydrogen-bond donors (Lipinski definition) is 1. The van der Waals surface area contributed by atoms with Gasteiger partial charge in [0.1, 0.15) is 5.69 Å². The van der Waals surface area contributed by atoms with Gasteiger partial charge in [-0.15, -0.1) is 0 Å². The molecule has 5 nitrogen and oxygen atoms in total. The van der Waals surface area contributed by atoms with Crippen LogP contribution in [0.25, 0.3) is 11.1 Å². The van der Waals surface area contributed by atoms with E-state index in [9.17, 15) is 13.2 Å². The number of hydrogen-bond acceptors (Lipinski definition) is 4. The van der Waals surface area contributed by atoms with Crippen LogP contribution in [0, 0.1) is 6.92 Å². The molecule has 0 bridgehead atoms. The Bertz CT molecular complexity index is 1280. The molecule has 6 heteroatoms. The van der Waals surface area contributed by atoms with E-state index in [0.29, 0.717) is 5.56 Å². The normalized spacial score (nSPS) is 11.3. The van der Waals surface area contributed by atoms with Gasteiger partial charge in [-0.2, -0.15) is 0 Å². The van der Waals surface area contributed by atoms with Crippen molar-refractivity contribution < 1.29 is 13.2 Å². The molecule has 0 spiro atoms. The molecular weight excluding hydrogens is 384 g/mol. The van der Waals surface area contributed by atoms with E-state index in [-0.39, 0.29) is 21.5 Å². The highest BCUT2D eigenvalue weighted by atomic mass is 32.2. The van der Waals surface area contributed by atoms with E-state index >= 15 is 0 Å². The van der Waals surface area contributed by atoms with Crippen molar-refractivity contribution in [3.05, 3.63) is 102 Å². The van der Waals surface area contributed by atoms with Crippen molar-refractivity contribution in [2.24, 2.45) is 0 Å². The summed E-state index contributed by atoms with van der Waals surface area (Å²) in [5.41, 5.74) is 3.33. The largest absolute Gasteiger partial charge is 0.326 e. The number of nitrogens with one attached hydrogen (secondary N) is 1. The Morgan fingerprint density at radius 3 is 2.24 bits per heavy atom. The average Bonchev–Trinajstić information content (AvgIpc) is 3.26. The molecule has 3 aromatic carbocycles. The zero-order valence-electron chi connectivity index (χ0n) is 15.7. The van der Waals surface area contributed by atoms with Crippen molar-refractivity contribution in [1.82, 2.24) is 9.97 Å². The smallest absolute Gasteiger partial charge is 0.239 e. The highest BCUT2D eigenvalue weighted by molar-refractivity contribution is 7.91. The lowest BCUT2D eigenvalue weighted by Crippen LogP contribution is -2.07. The molecule has 0 saturated heterocycles. The molecule has 0 aliphatic rings. The summed E-state index contributed by atoms with van der Waals surface area (Å²) in [5, 5.41) is -0.250. The molecule has 0 unspecified atom stereocenters. The number of benzene rings is 3. The summed E-state index contributed by atoms with van der Waals surface area (Å²) in [6.07, 6.45) is 1.27. The van der Waals surface area contributed by atoms with Gasteiger partial charge in [-0.25, -0.2) is 13.4 Å². The van der Waals surface area contributed by atoms with Crippen molar-refractivity contribution in [2.75, 3.05) is 0 Å². The first-order valence-electron chi connectivity index (χ1n) is 9.03. The number of ketones is 1. The summed E-state index contributed by atoms with van der Waals surface area (Å²) in [6.45, 7) is 1.96. The molecule has 0 radical (unpaired) electrons. The Kier molecular flexibility index (Phi) is 4.86. The van der Waals surface area contributed by atoms with Crippen LogP contribution in [0.3, 0.4) is 0 Å². The lowest BCUT2D eigenvalue weighted by atomic mass is 9.94. The van der Waals surface area contributed by atoms with Gasteiger partial charge >= 0.3 is 0 Å². The number of carbonyl (C=O) groups excluding carboxylic acids is 1. The molecule has 4 rings (SSSR count). The number of carbonyl (C=O) groups is 1. The number of rotatable bonds is 5. The lowest BCUT2D eigenvalue weighted by Gasteiger charge is -2.09. The Morgan fingerprint density at radius 2 is 1.55 bits per heavy atom. The number of aryl methyl sites for hydroxylation is 1. The van der Waals surface area contributed by atoms with Gasteiger partial charge in [0.2, 0.25) is 20.8 Å². The predicted molar refractivity (Wildman–Crippen MR) is 111 cm³/mol. The molecule has 4 aromatic rings. The number of aromatic nitrogens is 2. The average molecular weight is 402 g/mol. The van der Waals surface area contributed by atoms with Crippen molar-refractivity contribution in [3.63, 3.8) is 0 Å². The summed E-state index contributed by atoms with van der Waals surface area (Å²) in [4.78, 5) is 19.9. The molecule has 29 heavy (non-hydrogen) atoms. The predicted octanol–water partition coefficient (Wildman–Crippen LogP) is 4.45. The van der Waals surface area contributed by atoms with Crippen LogP contribution in [0.5, 0.6) is 0 Å². The third kappa shape index (κ3) is 3.62. The molecule has 0 amide bonds. The standard InChI is InChI=1S/C23H18N2O3S/c1-16-12-13-19(20(14-16)17-8-4-2-5-9-17)22(26)21-15-24-23(25-21)29(27,28)18-10-6-3-7-11-18/h2-15H,1H3,(H,24,25). The van der Waals surface area contributed by atoms with Crippen LogP contribution in [0.4, 0.5) is 0 Å². The SMILES string of the molecule is Cc1ccc(C(=O)c2cnc(S(=O)(=O)c3ccccc3)[nH]2)c(-c2ccccc2)c1. The number of sulfone groups is 1. The summed E-state index contributed by atoms with van der Waals surface area (Å²) < 4.78 is 25.5. The van der Waals surface area contributed by atoms with Crippen LogP contribution in [-0.4, -0.2) is 24.2 Å². The van der Waals surface area contributed by atoms with Gasteiger partial charge < -0.3 is 4.98 Å². The fourth-order valence-electron chi connectivity index (χ4n) is 3.12. The van der Waals surface area contributed by atoms with E-state index in [0.717, 1.165) is 16.7 Å².